The van der Waals surface area contributed by atoms with Crippen molar-refractivity contribution >= 4 is 5.78 Å². The van der Waals surface area contributed by atoms with Crippen molar-refractivity contribution in [1.82, 2.24) is 4.90 Å². The molecule has 0 aliphatic carbocycles. The molecule has 1 aliphatic rings. The maximum atomic E-state index is 13.6. The number of ketones is 1. The summed E-state index contributed by atoms with van der Waals surface area (Å²) in [5.41, 5.74) is -0.155. The van der Waals surface area contributed by atoms with Crippen LogP contribution >= 0.6 is 0 Å². The first-order valence-electron chi connectivity index (χ1n) is 7.44. The molecule has 0 saturated carbocycles. The summed E-state index contributed by atoms with van der Waals surface area (Å²) in [7, 11) is 0. The van der Waals surface area contributed by atoms with E-state index in [0.717, 1.165) is 37.7 Å². The van der Waals surface area contributed by atoms with Crippen LogP contribution in [0.25, 0.3) is 0 Å². The maximum Gasteiger partial charge on any atom is 0.166 e. The Bertz CT molecular complexity index is 510. The highest BCUT2D eigenvalue weighted by molar-refractivity contribution is 5.96. The zero-order valence-corrected chi connectivity index (χ0v) is 12.3. The van der Waals surface area contributed by atoms with Crippen molar-refractivity contribution in [1.29, 1.82) is 0 Å². The molecule has 116 valence electrons. The fourth-order valence-electron chi connectivity index (χ4n) is 2.65. The summed E-state index contributed by atoms with van der Waals surface area (Å²) in [5, 5.41) is 18.5. The molecule has 0 spiro atoms. The van der Waals surface area contributed by atoms with Crippen LogP contribution in [0.3, 0.4) is 0 Å². The Morgan fingerprint density at radius 3 is 2.57 bits per heavy atom. The van der Waals surface area contributed by atoms with Gasteiger partial charge in [0, 0.05) is 12.5 Å². The Morgan fingerprint density at radius 2 is 1.90 bits per heavy atom. The molecule has 2 N–H and O–H groups in total. The molecule has 0 atom stereocenters. The van der Waals surface area contributed by atoms with Gasteiger partial charge in [0.05, 0.1) is 5.56 Å². The van der Waals surface area contributed by atoms with Crippen molar-refractivity contribution in [3.05, 3.63) is 23.5 Å². The summed E-state index contributed by atoms with van der Waals surface area (Å²) in [5.74, 6) is -1.37. The Balaban J connectivity index is 1.83. The number of carbonyl (C=O) groups excluding carboxylic acids is 1. The molecule has 4 nitrogen and oxygen atoms in total. The van der Waals surface area contributed by atoms with Crippen LogP contribution in [0.15, 0.2) is 12.1 Å². The standard InChI is InChI=1S/C16H22FNO3/c1-11-4-7-18(8-5-11)6-2-3-14(19)12-9-15(20)16(21)10-13(12)17/h9-11,20-21H,2-8H2,1H3. The van der Waals surface area contributed by atoms with Gasteiger partial charge in [-0.3, -0.25) is 4.79 Å². The minimum absolute atomic E-state index is 0.155. The van der Waals surface area contributed by atoms with E-state index in [-0.39, 0.29) is 17.8 Å². The predicted octanol–water partition coefficient (Wildman–Crippen LogP) is 2.93. The summed E-state index contributed by atoms with van der Waals surface area (Å²) in [4.78, 5) is 14.3. The molecule has 21 heavy (non-hydrogen) atoms. The van der Waals surface area contributed by atoms with Gasteiger partial charge in [0.15, 0.2) is 17.3 Å². The molecule has 1 aromatic carbocycles. The average Bonchev–Trinajstić information content (AvgIpc) is 2.45. The summed E-state index contributed by atoms with van der Waals surface area (Å²) in [6.07, 6.45) is 3.30. The fourth-order valence-corrected chi connectivity index (χ4v) is 2.65. The number of phenolic OH excluding ortho intramolecular Hbond substituents is 2. The molecule has 1 aliphatic heterocycles. The van der Waals surface area contributed by atoms with Crippen LogP contribution in [0.1, 0.15) is 43.0 Å². The van der Waals surface area contributed by atoms with E-state index in [1.807, 2.05) is 0 Å². The number of rotatable bonds is 5. The largest absolute Gasteiger partial charge is 0.504 e. The van der Waals surface area contributed by atoms with Gasteiger partial charge >= 0.3 is 0 Å². The molecule has 5 heteroatoms. The first-order chi connectivity index (χ1) is 9.97. The van der Waals surface area contributed by atoms with E-state index in [4.69, 9.17) is 5.11 Å². The van der Waals surface area contributed by atoms with E-state index in [9.17, 15) is 14.3 Å². The number of phenols is 2. The number of hydrogen-bond acceptors (Lipinski definition) is 4. The van der Waals surface area contributed by atoms with Crippen LogP contribution in [-0.4, -0.2) is 40.5 Å². The second-order valence-electron chi connectivity index (χ2n) is 5.87. The van der Waals surface area contributed by atoms with Crippen molar-refractivity contribution in [3.8, 4) is 11.5 Å². The van der Waals surface area contributed by atoms with Crippen LogP contribution in [0.4, 0.5) is 4.39 Å². The van der Waals surface area contributed by atoms with Crippen molar-refractivity contribution in [2.75, 3.05) is 19.6 Å². The smallest absolute Gasteiger partial charge is 0.166 e. The summed E-state index contributed by atoms with van der Waals surface area (Å²) in [6, 6.07) is 1.77. The number of nitrogens with zero attached hydrogens (tertiary/aromatic N) is 1. The van der Waals surface area contributed by atoms with Crippen LogP contribution in [0.5, 0.6) is 11.5 Å². The lowest BCUT2D eigenvalue weighted by Gasteiger charge is -2.29. The molecule has 1 heterocycles. The van der Waals surface area contributed by atoms with Crippen LogP contribution in [-0.2, 0) is 0 Å². The SMILES string of the molecule is CC1CCN(CCCC(=O)c2cc(O)c(O)cc2F)CC1. The van der Waals surface area contributed by atoms with Crippen LogP contribution in [0.2, 0.25) is 0 Å². The molecule has 0 aromatic heterocycles. The molecule has 1 aromatic rings. The highest BCUT2D eigenvalue weighted by Gasteiger charge is 2.18. The van der Waals surface area contributed by atoms with E-state index in [0.29, 0.717) is 6.42 Å². The average molecular weight is 295 g/mol. The lowest BCUT2D eigenvalue weighted by atomic mass is 9.99. The van der Waals surface area contributed by atoms with Crippen molar-refractivity contribution in [2.45, 2.75) is 32.6 Å². The van der Waals surface area contributed by atoms with Gasteiger partial charge in [-0.1, -0.05) is 6.92 Å². The second-order valence-corrected chi connectivity index (χ2v) is 5.87. The number of likely N-dealkylation sites (tertiary alicyclic amines) is 1. The normalized spacial score (nSPS) is 17.0. The van der Waals surface area contributed by atoms with Crippen molar-refractivity contribution in [3.63, 3.8) is 0 Å². The molecule has 0 amide bonds. The monoisotopic (exact) mass is 295 g/mol. The number of aromatic hydroxyl groups is 2. The van der Waals surface area contributed by atoms with E-state index in [1.54, 1.807) is 0 Å². The van der Waals surface area contributed by atoms with Crippen molar-refractivity contribution < 1.29 is 19.4 Å². The molecule has 0 unspecified atom stereocenters. The number of hydrogen-bond donors (Lipinski definition) is 2. The van der Waals surface area contributed by atoms with Gasteiger partial charge in [-0.15, -0.1) is 0 Å². The predicted molar refractivity (Wildman–Crippen MR) is 78.1 cm³/mol. The third kappa shape index (κ3) is 4.17. The van der Waals surface area contributed by atoms with Gasteiger partial charge in [-0.2, -0.15) is 0 Å². The van der Waals surface area contributed by atoms with Gasteiger partial charge in [-0.05, 0) is 50.9 Å². The minimum atomic E-state index is -0.790. The van der Waals surface area contributed by atoms with Crippen LogP contribution < -0.4 is 0 Å². The second kappa shape index (κ2) is 6.89. The highest BCUT2D eigenvalue weighted by atomic mass is 19.1. The quantitative estimate of drug-likeness (QED) is 0.647. The lowest BCUT2D eigenvalue weighted by molar-refractivity contribution is 0.0966. The first-order valence-corrected chi connectivity index (χ1v) is 7.44. The van der Waals surface area contributed by atoms with E-state index >= 15 is 0 Å². The molecule has 2 rings (SSSR count). The van der Waals surface area contributed by atoms with Gasteiger partial charge in [0.25, 0.3) is 0 Å². The molecule has 1 saturated heterocycles. The third-order valence-corrected chi connectivity index (χ3v) is 4.12. The van der Waals surface area contributed by atoms with Gasteiger partial charge in [0.1, 0.15) is 5.82 Å². The van der Waals surface area contributed by atoms with Gasteiger partial charge in [0.2, 0.25) is 0 Å². The van der Waals surface area contributed by atoms with Gasteiger partial charge < -0.3 is 15.1 Å². The zero-order chi connectivity index (χ0) is 15.4. The maximum absolute atomic E-state index is 13.6. The number of Topliss-reactive ketones (excluding diaryl/α,β-unsaturated/α-hetero) is 1. The topological polar surface area (TPSA) is 60.8 Å². The Morgan fingerprint density at radius 1 is 1.29 bits per heavy atom. The Kier molecular flexibility index (Phi) is 5.17. The molecule has 0 radical (unpaired) electrons. The van der Waals surface area contributed by atoms with E-state index in [2.05, 4.69) is 11.8 Å². The Hall–Kier alpha value is -1.62. The summed E-state index contributed by atoms with van der Waals surface area (Å²) < 4.78 is 13.6. The molecule has 1 fully saturated rings. The summed E-state index contributed by atoms with van der Waals surface area (Å²) >= 11 is 0. The molecule has 0 bridgehead atoms. The van der Waals surface area contributed by atoms with Crippen molar-refractivity contribution in [2.24, 2.45) is 5.92 Å². The molecular weight excluding hydrogens is 273 g/mol. The number of halogens is 1. The molecular formula is C16H22FNO3. The van der Waals surface area contributed by atoms with Crippen LogP contribution in [0, 0.1) is 11.7 Å². The van der Waals surface area contributed by atoms with E-state index in [1.165, 1.54) is 12.8 Å². The minimum Gasteiger partial charge on any atom is -0.504 e. The lowest BCUT2D eigenvalue weighted by Crippen LogP contribution is -2.33. The fraction of sp³-hybridized carbons (Fsp3) is 0.562. The Labute approximate surface area is 124 Å². The van der Waals surface area contributed by atoms with E-state index < -0.39 is 17.3 Å². The summed E-state index contributed by atoms with van der Waals surface area (Å²) in [6.45, 7) is 5.21. The third-order valence-electron chi connectivity index (χ3n) is 4.12. The highest BCUT2D eigenvalue weighted by Crippen LogP contribution is 2.28. The number of carbonyl (C=O) groups is 1. The number of benzene rings is 1. The van der Waals surface area contributed by atoms with Gasteiger partial charge in [-0.25, -0.2) is 4.39 Å². The first kappa shape index (κ1) is 15.8. The number of piperidine rings is 1. The zero-order valence-electron chi connectivity index (χ0n) is 12.3.